The van der Waals surface area contributed by atoms with Gasteiger partial charge in [-0.15, -0.1) is 0 Å². The van der Waals surface area contributed by atoms with Gasteiger partial charge in [-0.25, -0.2) is 8.42 Å². The lowest BCUT2D eigenvalue weighted by atomic mass is 10.0. The number of rotatable bonds is 12. The molecule has 0 saturated heterocycles. The van der Waals surface area contributed by atoms with E-state index < -0.39 is 16.1 Å². The highest BCUT2D eigenvalue weighted by Gasteiger charge is 2.30. The van der Waals surface area contributed by atoms with Crippen LogP contribution in [0.15, 0.2) is 78.9 Å². The molecule has 1 aliphatic heterocycles. The van der Waals surface area contributed by atoms with Gasteiger partial charge in [0.05, 0.1) is 11.9 Å². The summed E-state index contributed by atoms with van der Waals surface area (Å²) in [5.41, 5.74) is 2.26. The average Bonchev–Trinajstić information content (AvgIpc) is 3.41. The predicted octanol–water partition coefficient (Wildman–Crippen LogP) is 3.35. The van der Waals surface area contributed by atoms with Crippen molar-refractivity contribution in [3.05, 3.63) is 90.0 Å². The third-order valence-electron chi connectivity index (χ3n) is 6.51. The number of nitrogens with one attached hydrogen (secondary N) is 1. The van der Waals surface area contributed by atoms with E-state index in [1.807, 2.05) is 60.7 Å². The number of sulfonamides is 1. The molecule has 1 atom stereocenters. The Bertz CT molecular complexity index is 1380. The van der Waals surface area contributed by atoms with Crippen molar-refractivity contribution >= 4 is 27.5 Å². The summed E-state index contributed by atoms with van der Waals surface area (Å²) >= 11 is 0. The second kappa shape index (κ2) is 12.7. The number of carbonyl (C=O) groups excluding carboxylic acids is 2. The first-order valence-electron chi connectivity index (χ1n) is 12.7. The summed E-state index contributed by atoms with van der Waals surface area (Å²) in [5.74, 6) is 0.530. The summed E-state index contributed by atoms with van der Waals surface area (Å²) in [5, 5.41) is 2.70. The average molecular weight is 552 g/mol. The molecule has 1 N–H and O–H groups in total. The number of hydrogen-bond donors (Lipinski definition) is 1. The van der Waals surface area contributed by atoms with E-state index in [-0.39, 0.29) is 44.5 Å². The summed E-state index contributed by atoms with van der Waals surface area (Å²) in [6.07, 6.45) is 1.80. The molecule has 1 aliphatic rings. The van der Waals surface area contributed by atoms with Crippen molar-refractivity contribution in [1.82, 2.24) is 10.2 Å². The minimum atomic E-state index is -3.63. The SMILES string of the molecule is CNC(=O)C(Cc1ccccc1)N(Cc1ccccc1)C(=O)CCCN(c1ccc2c(c1)OCO2)S(C)(=O)=O. The lowest BCUT2D eigenvalue weighted by molar-refractivity contribution is -0.141. The molecule has 1 unspecified atom stereocenters. The highest BCUT2D eigenvalue weighted by Crippen LogP contribution is 2.36. The zero-order valence-corrected chi connectivity index (χ0v) is 22.9. The predicted molar refractivity (Wildman–Crippen MR) is 149 cm³/mol. The molecule has 9 nitrogen and oxygen atoms in total. The van der Waals surface area contributed by atoms with E-state index in [9.17, 15) is 18.0 Å². The first-order valence-corrected chi connectivity index (χ1v) is 14.6. The Morgan fingerprint density at radius 3 is 2.21 bits per heavy atom. The number of fused-ring (bicyclic) bond motifs is 1. The van der Waals surface area contributed by atoms with Crippen LogP contribution in [0.5, 0.6) is 11.5 Å². The Labute approximate surface area is 229 Å². The van der Waals surface area contributed by atoms with Gasteiger partial charge in [-0.1, -0.05) is 60.7 Å². The fourth-order valence-electron chi connectivity index (χ4n) is 4.54. The number of anilines is 1. The molecule has 0 radical (unpaired) electrons. The van der Waals surface area contributed by atoms with E-state index in [2.05, 4.69) is 5.32 Å². The maximum atomic E-state index is 13.7. The van der Waals surface area contributed by atoms with Crippen LogP contribution in [0.1, 0.15) is 24.0 Å². The van der Waals surface area contributed by atoms with Gasteiger partial charge in [-0.2, -0.15) is 0 Å². The van der Waals surface area contributed by atoms with Crippen LogP contribution in [0.25, 0.3) is 0 Å². The molecule has 0 bridgehead atoms. The Balaban J connectivity index is 1.53. The van der Waals surface area contributed by atoms with Crippen molar-refractivity contribution in [2.45, 2.75) is 31.8 Å². The molecule has 0 fully saturated rings. The van der Waals surface area contributed by atoms with E-state index in [1.165, 1.54) is 4.31 Å². The summed E-state index contributed by atoms with van der Waals surface area (Å²) in [6, 6.07) is 23.3. The van der Waals surface area contributed by atoms with Crippen LogP contribution >= 0.6 is 0 Å². The second-order valence-corrected chi connectivity index (χ2v) is 11.2. The van der Waals surface area contributed by atoms with Gasteiger partial charge in [0.25, 0.3) is 0 Å². The van der Waals surface area contributed by atoms with E-state index in [0.717, 1.165) is 17.4 Å². The Kier molecular flexibility index (Phi) is 9.08. The zero-order valence-electron chi connectivity index (χ0n) is 22.1. The van der Waals surface area contributed by atoms with Gasteiger partial charge in [-0.05, 0) is 29.7 Å². The number of likely N-dealkylation sites (N-methyl/N-ethyl adjacent to an activating group) is 1. The van der Waals surface area contributed by atoms with Gasteiger partial charge in [0, 0.05) is 39.0 Å². The molecule has 0 aliphatic carbocycles. The van der Waals surface area contributed by atoms with E-state index in [4.69, 9.17) is 9.47 Å². The number of amides is 2. The lowest BCUT2D eigenvalue weighted by Crippen LogP contribution is -2.49. The minimum Gasteiger partial charge on any atom is -0.454 e. The first-order chi connectivity index (χ1) is 18.8. The van der Waals surface area contributed by atoms with Crippen LogP contribution in [0, 0.1) is 0 Å². The summed E-state index contributed by atoms with van der Waals surface area (Å²) in [6.45, 7) is 0.425. The second-order valence-electron chi connectivity index (χ2n) is 9.30. The Morgan fingerprint density at radius 2 is 1.56 bits per heavy atom. The monoisotopic (exact) mass is 551 g/mol. The zero-order chi connectivity index (χ0) is 27.8. The number of nitrogens with zero attached hydrogens (tertiary/aromatic N) is 2. The molecule has 2 amide bonds. The van der Waals surface area contributed by atoms with E-state index >= 15 is 0 Å². The van der Waals surface area contributed by atoms with Gasteiger partial charge in [0.1, 0.15) is 6.04 Å². The van der Waals surface area contributed by atoms with E-state index in [0.29, 0.717) is 23.6 Å². The number of hydrogen-bond acceptors (Lipinski definition) is 6. The van der Waals surface area contributed by atoms with Crippen LogP contribution in [-0.4, -0.2) is 57.8 Å². The third kappa shape index (κ3) is 7.29. The van der Waals surface area contributed by atoms with Crippen molar-refractivity contribution in [1.29, 1.82) is 0 Å². The molecular weight excluding hydrogens is 518 g/mol. The Morgan fingerprint density at radius 1 is 0.923 bits per heavy atom. The van der Waals surface area contributed by atoms with Gasteiger partial charge in [0.15, 0.2) is 11.5 Å². The number of ether oxygens (including phenoxy) is 2. The number of carbonyl (C=O) groups is 2. The van der Waals surface area contributed by atoms with Crippen LogP contribution in [0.3, 0.4) is 0 Å². The highest BCUT2D eigenvalue weighted by molar-refractivity contribution is 7.92. The maximum Gasteiger partial charge on any atom is 0.242 e. The topological polar surface area (TPSA) is 105 Å². The van der Waals surface area contributed by atoms with Gasteiger partial charge in [0.2, 0.25) is 28.6 Å². The number of benzene rings is 3. The molecule has 0 spiro atoms. The maximum absolute atomic E-state index is 13.7. The van der Waals surface area contributed by atoms with E-state index in [1.54, 1.807) is 30.1 Å². The van der Waals surface area contributed by atoms with Crippen molar-refractivity contribution in [3.8, 4) is 11.5 Å². The van der Waals surface area contributed by atoms with Gasteiger partial charge >= 0.3 is 0 Å². The first kappa shape index (κ1) is 28.0. The summed E-state index contributed by atoms with van der Waals surface area (Å²) in [7, 11) is -2.07. The van der Waals surface area contributed by atoms with Crippen molar-refractivity contribution in [3.63, 3.8) is 0 Å². The van der Waals surface area contributed by atoms with Crippen molar-refractivity contribution < 1.29 is 27.5 Å². The van der Waals surface area contributed by atoms with Gasteiger partial charge in [-0.3, -0.25) is 13.9 Å². The minimum absolute atomic E-state index is 0.0612. The normalized spacial score (nSPS) is 13.0. The standard InChI is InChI=1S/C29H33N3O6S/c1-30-29(34)25(18-22-10-5-3-6-11-22)31(20-23-12-7-4-8-13-23)28(33)14-9-17-32(39(2,35)36)24-15-16-26-27(19-24)38-21-37-26/h3-8,10-13,15-16,19,25H,9,14,17-18,20-21H2,1-2H3,(H,30,34). The largest absolute Gasteiger partial charge is 0.454 e. The van der Waals surface area contributed by atoms with Crippen LogP contribution in [0.4, 0.5) is 5.69 Å². The third-order valence-corrected chi connectivity index (χ3v) is 7.70. The molecule has 1 heterocycles. The lowest BCUT2D eigenvalue weighted by Gasteiger charge is -2.31. The molecule has 3 aromatic carbocycles. The summed E-state index contributed by atoms with van der Waals surface area (Å²) in [4.78, 5) is 28.3. The molecule has 0 aromatic heterocycles. The van der Waals surface area contributed by atoms with Crippen LogP contribution < -0.4 is 19.1 Å². The van der Waals surface area contributed by atoms with Crippen molar-refractivity contribution in [2.24, 2.45) is 0 Å². The highest BCUT2D eigenvalue weighted by atomic mass is 32.2. The van der Waals surface area contributed by atoms with Crippen LogP contribution in [0.2, 0.25) is 0 Å². The molecule has 3 aromatic rings. The smallest absolute Gasteiger partial charge is 0.242 e. The van der Waals surface area contributed by atoms with Crippen molar-refractivity contribution in [2.75, 3.05) is 30.9 Å². The molecule has 39 heavy (non-hydrogen) atoms. The quantitative estimate of drug-likeness (QED) is 0.370. The molecule has 10 heteroatoms. The van der Waals surface area contributed by atoms with Crippen LogP contribution in [-0.2, 0) is 32.6 Å². The Hall–Kier alpha value is -4.05. The fraction of sp³-hybridized carbons (Fsp3) is 0.310. The molecule has 4 rings (SSSR count). The molecular formula is C29H33N3O6S. The van der Waals surface area contributed by atoms with Gasteiger partial charge < -0.3 is 19.7 Å². The molecule has 0 saturated carbocycles. The fourth-order valence-corrected chi connectivity index (χ4v) is 5.50. The summed E-state index contributed by atoms with van der Waals surface area (Å²) < 4.78 is 37.2. The molecule has 206 valence electrons.